The Balaban J connectivity index is 1.68. The summed E-state index contributed by atoms with van der Waals surface area (Å²) in [5, 5.41) is 3.96. The Morgan fingerprint density at radius 2 is 1.91 bits per heavy atom. The van der Waals surface area contributed by atoms with Gasteiger partial charge in [0.15, 0.2) is 0 Å². The Bertz CT molecular complexity index is 674. The molecular weight excluding hydrogens is 349 g/mol. The van der Waals surface area contributed by atoms with Gasteiger partial charge in [-0.1, -0.05) is 59.6 Å². The summed E-state index contributed by atoms with van der Waals surface area (Å²) in [6.07, 6.45) is 3.17. The number of nitrogens with one attached hydrogen (secondary N) is 1. The monoisotopic (exact) mass is 365 g/mol. The van der Waals surface area contributed by atoms with Gasteiger partial charge in [0, 0.05) is 34.2 Å². The van der Waals surface area contributed by atoms with Gasteiger partial charge in [-0.2, -0.15) is 11.8 Å². The normalized spacial score (nSPS) is 10.9. The van der Waals surface area contributed by atoms with E-state index in [1.165, 1.54) is 11.6 Å². The number of amides is 1. The van der Waals surface area contributed by atoms with Crippen LogP contribution in [0, 0.1) is 0 Å². The maximum absolute atomic E-state index is 11.8. The molecule has 1 N–H and O–H groups in total. The summed E-state index contributed by atoms with van der Waals surface area (Å²) in [5.74, 6) is 1.69. The van der Waals surface area contributed by atoms with Crippen molar-refractivity contribution in [1.29, 1.82) is 0 Å². The van der Waals surface area contributed by atoms with E-state index in [4.69, 9.17) is 23.2 Å². The van der Waals surface area contributed by atoms with Crippen molar-refractivity contribution in [3.63, 3.8) is 0 Å². The number of hydrogen-bond donors (Lipinski definition) is 1. The third-order valence-corrected chi connectivity index (χ3v) is 4.63. The lowest BCUT2D eigenvalue weighted by atomic mass is 10.2. The molecule has 0 bridgehead atoms. The van der Waals surface area contributed by atoms with Crippen LogP contribution < -0.4 is 5.32 Å². The number of hydrogen-bond acceptors (Lipinski definition) is 2. The third-order valence-electron chi connectivity index (χ3n) is 3.03. The molecular formula is C18H17Cl2NOS. The molecule has 0 unspecified atom stereocenters. The van der Waals surface area contributed by atoms with Crippen molar-refractivity contribution in [1.82, 2.24) is 5.32 Å². The molecule has 5 heteroatoms. The molecule has 1 amide bonds. The highest BCUT2D eigenvalue weighted by molar-refractivity contribution is 7.98. The third kappa shape index (κ3) is 6.69. The Labute approximate surface area is 150 Å². The van der Waals surface area contributed by atoms with Crippen molar-refractivity contribution >= 4 is 46.9 Å². The van der Waals surface area contributed by atoms with Gasteiger partial charge in [0.2, 0.25) is 5.91 Å². The van der Waals surface area contributed by atoms with E-state index in [1.54, 1.807) is 36.0 Å². The molecule has 0 saturated heterocycles. The predicted molar refractivity (Wildman–Crippen MR) is 101 cm³/mol. The molecule has 2 aromatic rings. The Morgan fingerprint density at radius 1 is 1.13 bits per heavy atom. The molecule has 0 saturated carbocycles. The lowest BCUT2D eigenvalue weighted by molar-refractivity contribution is -0.116. The van der Waals surface area contributed by atoms with Crippen molar-refractivity contribution in [2.45, 2.75) is 5.75 Å². The van der Waals surface area contributed by atoms with Crippen molar-refractivity contribution in [2.24, 2.45) is 0 Å². The molecule has 23 heavy (non-hydrogen) atoms. The van der Waals surface area contributed by atoms with E-state index < -0.39 is 0 Å². The predicted octanol–water partition coefficient (Wildman–Crippen LogP) is 5.06. The van der Waals surface area contributed by atoms with E-state index in [2.05, 4.69) is 17.4 Å². The van der Waals surface area contributed by atoms with Gasteiger partial charge < -0.3 is 5.32 Å². The van der Waals surface area contributed by atoms with E-state index in [0.717, 1.165) is 17.1 Å². The molecule has 2 aromatic carbocycles. The number of carbonyl (C=O) groups is 1. The van der Waals surface area contributed by atoms with Gasteiger partial charge in [-0.05, 0) is 29.3 Å². The Morgan fingerprint density at radius 3 is 2.65 bits per heavy atom. The second kappa shape index (κ2) is 9.66. The van der Waals surface area contributed by atoms with Crippen LogP contribution in [-0.2, 0) is 10.5 Å². The number of rotatable bonds is 7. The molecule has 2 nitrogen and oxygen atoms in total. The van der Waals surface area contributed by atoms with E-state index >= 15 is 0 Å². The summed E-state index contributed by atoms with van der Waals surface area (Å²) in [5.41, 5.74) is 2.06. The SMILES string of the molecule is O=C(/C=C/c1ccc(Cl)cc1Cl)NCCSCc1ccccc1. The zero-order valence-corrected chi connectivity index (χ0v) is 14.8. The van der Waals surface area contributed by atoms with Crippen LogP contribution in [0.2, 0.25) is 10.0 Å². The van der Waals surface area contributed by atoms with Crippen molar-refractivity contribution in [3.05, 3.63) is 75.8 Å². The fourth-order valence-corrected chi connectivity index (χ4v) is 3.16. The van der Waals surface area contributed by atoms with Crippen LogP contribution in [0.4, 0.5) is 0 Å². The molecule has 120 valence electrons. The van der Waals surface area contributed by atoms with E-state index in [0.29, 0.717) is 16.6 Å². The lowest BCUT2D eigenvalue weighted by Gasteiger charge is -2.03. The van der Waals surface area contributed by atoms with Crippen molar-refractivity contribution in [2.75, 3.05) is 12.3 Å². The van der Waals surface area contributed by atoms with Gasteiger partial charge in [0.05, 0.1) is 0 Å². The summed E-state index contributed by atoms with van der Waals surface area (Å²) in [4.78, 5) is 11.8. The second-order valence-electron chi connectivity index (χ2n) is 4.83. The van der Waals surface area contributed by atoms with Gasteiger partial charge in [-0.25, -0.2) is 0 Å². The minimum atomic E-state index is -0.128. The van der Waals surface area contributed by atoms with E-state index in [9.17, 15) is 4.79 Å². The van der Waals surface area contributed by atoms with Crippen LogP contribution in [-0.4, -0.2) is 18.2 Å². The first-order valence-corrected chi connectivity index (χ1v) is 9.09. The maximum Gasteiger partial charge on any atom is 0.244 e. The largest absolute Gasteiger partial charge is 0.352 e. The molecule has 0 heterocycles. The summed E-state index contributed by atoms with van der Waals surface area (Å²) >= 11 is 13.7. The first-order chi connectivity index (χ1) is 11.1. The number of benzene rings is 2. The number of halogens is 2. The van der Waals surface area contributed by atoms with E-state index in [1.807, 2.05) is 18.2 Å². The van der Waals surface area contributed by atoms with Gasteiger partial charge in [0.25, 0.3) is 0 Å². The Kier molecular flexibility index (Phi) is 7.53. The van der Waals surface area contributed by atoms with Crippen LogP contribution in [0.25, 0.3) is 6.08 Å². The minimum Gasteiger partial charge on any atom is -0.352 e. The first-order valence-electron chi connectivity index (χ1n) is 7.18. The standard InChI is InChI=1S/C18H17Cl2NOS/c19-16-8-6-15(17(20)12-16)7-9-18(22)21-10-11-23-13-14-4-2-1-3-5-14/h1-9,12H,10-11,13H2,(H,21,22)/b9-7+. The van der Waals surface area contributed by atoms with Crippen molar-refractivity contribution < 1.29 is 4.79 Å². The molecule has 0 fully saturated rings. The number of thioether (sulfide) groups is 1. The highest BCUT2D eigenvalue weighted by Gasteiger charge is 2.00. The van der Waals surface area contributed by atoms with Crippen molar-refractivity contribution in [3.8, 4) is 0 Å². The van der Waals surface area contributed by atoms with Gasteiger partial charge in [0.1, 0.15) is 0 Å². The fraction of sp³-hybridized carbons (Fsp3) is 0.167. The molecule has 0 radical (unpaired) electrons. The summed E-state index contributed by atoms with van der Waals surface area (Å²) < 4.78 is 0. The molecule has 0 spiro atoms. The number of carbonyl (C=O) groups excluding carboxylic acids is 1. The van der Waals surface area contributed by atoms with Crippen LogP contribution in [0.3, 0.4) is 0 Å². The molecule has 0 aliphatic carbocycles. The van der Waals surface area contributed by atoms with Gasteiger partial charge >= 0.3 is 0 Å². The Hall–Kier alpha value is -1.42. The summed E-state index contributed by atoms with van der Waals surface area (Å²) in [6, 6.07) is 15.5. The van der Waals surface area contributed by atoms with Crippen LogP contribution in [0.15, 0.2) is 54.6 Å². The smallest absolute Gasteiger partial charge is 0.244 e. The molecule has 0 aliphatic heterocycles. The molecule has 0 atom stereocenters. The highest BCUT2D eigenvalue weighted by Crippen LogP contribution is 2.21. The molecule has 0 aliphatic rings. The fourth-order valence-electron chi connectivity index (χ4n) is 1.87. The van der Waals surface area contributed by atoms with Crippen LogP contribution in [0.5, 0.6) is 0 Å². The summed E-state index contributed by atoms with van der Waals surface area (Å²) in [7, 11) is 0. The quantitative estimate of drug-likeness (QED) is 0.548. The van der Waals surface area contributed by atoms with Crippen LogP contribution >= 0.6 is 35.0 Å². The second-order valence-corrected chi connectivity index (χ2v) is 6.78. The lowest BCUT2D eigenvalue weighted by Crippen LogP contribution is -2.23. The summed E-state index contributed by atoms with van der Waals surface area (Å²) in [6.45, 7) is 0.634. The zero-order chi connectivity index (χ0) is 16.5. The van der Waals surface area contributed by atoms with Gasteiger partial charge in [-0.15, -0.1) is 0 Å². The minimum absolute atomic E-state index is 0.128. The zero-order valence-electron chi connectivity index (χ0n) is 12.5. The average molecular weight is 366 g/mol. The maximum atomic E-state index is 11.8. The molecule has 2 rings (SSSR count). The van der Waals surface area contributed by atoms with E-state index in [-0.39, 0.29) is 5.91 Å². The highest BCUT2D eigenvalue weighted by atomic mass is 35.5. The average Bonchev–Trinajstić information content (AvgIpc) is 2.54. The molecule has 0 aromatic heterocycles. The first kappa shape index (κ1) is 17.9. The topological polar surface area (TPSA) is 29.1 Å². The van der Waals surface area contributed by atoms with Gasteiger partial charge in [-0.3, -0.25) is 4.79 Å². The van der Waals surface area contributed by atoms with Crippen LogP contribution in [0.1, 0.15) is 11.1 Å².